The van der Waals surface area contributed by atoms with Gasteiger partial charge in [0.1, 0.15) is 17.7 Å². The first kappa shape index (κ1) is 12.4. The number of halogens is 1. The molecule has 1 atom stereocenters. The van der Waals surface area contributed by atoms with Crippen molar-refractivity contribution < 1.29 is 23.9 Å². The second kappa shape index (κ2) is 5.49. The van der Waals surface area contributed by atoms with Gasteiger partial charge in [0, 0.05) is 18.1 Å². The van der Waals surface area contributed by atoms with E-state index in [4.69, 9.17) is 19.5 Å². The molecule has 0 aromatic heterocycles. The number of rotatable bonds is 3. The van der Waals surface area contributed by atoms with Gasteiger partial charge in [-0.3, -0.25) is 0 Å². The molecule has 0 bridgehead atoms. The minimum absolute atomic E-state index is 0.163. The molecule has 1 aromatic rings. The highest BCUT2D eigenvalue weighted by Crippen LogP contribution is 2.17. The maximum atomic E-state index is 13.1. The third-order valence-corrected chi connectivity index (χ3v) is 2.67. The number of ether oxygens (including phenoxy) is 2. The van der Waals surface area contributed by atoms with Gasteiger partial charge >= 0.3 is 7.12 Å². The zero-order valence-electron chi connectivity index (χ0n) is 9.30. The van der Waals surface area contributed by atoms with E-state index in [1.54, 1.807) is 0 Å². The Morgan fingerprint density at radius 1 is 1.41 bits per heavy atom. The van der Waals surface area contributed by atoms with Crippen molar-refractivity contribution in [1.82, 2.24) is 0 Å². The maximum absolute atomic E-state index is 13.1. The van der Waals surface area contributed by atoms with Gasteiger partial charge in [0.25, 0.3) is 0 Å². The lowest BCUT2D eigenvalue weighted by molar-refractivity contribution is 0.00767. The summed E-state index contributed by atoms with van der Waals surface area (Å²) in [5.41, 5.74) is 0.164. The quantitative estimate of drug-likeness (QED) is 0.733. The highest BCUT2D eigenvalue weighted by atomic mass is 19.1. The Kier molecular flexibility index (Phi) is 3.99. The molecule has 1 aromatic carbocycles. The monoisotopic (exact) mass is 240 g/mol. The third-order valence-electron chi connectivity index (χ3n) is 2.67. The van der Waals surface area contributed by atoms with Crippen LogP contribution in [0.4, 0.5) is 4.39 Å². The molecule has 1 heterocycles. The highest BCUT2D eigenvalue weighted by molar-refractivity contribution is 6.59. The maximum Gasteiger partial charge on any atom is 0.492 e. The van der Waals surface area contributed by atoms with Gasteiger partial charge < -0.3 is 19.5 Å². The molecule has 92 valence electrons. The third kappa shape index (κ3) is 3.18. The molecule has 1 fully saturated rings. The van der Waals surface area contributed by atoms with E-state index >= 15 is 0 Å². The average Bonchev–Trinajstić information content (AvgIpc) is 2.30. The Bertz CT molecular complexity index is 380. The topological polar surface area (TPSA) is 58.9 Å². The summed E-state index contributed by atoms with van der Waals surface area (Å²) in [5, 5.41) is 18.3. The van der Waals surface area contributed by atoms with Gasteiger partial charge in [0.05, 0.1) is 6.61 Å². The van der Waals surface area contributed by atoms with Gasteiger partial charge in [-0.05, 0) is 18.9 Å². The van der Waals surface area contributed by atoms with E-state index in [9.17, 15) is 4.39 Å². The van der Waals surface area contributed by atoms with E-state index < -0.39 is 12.9 Å². The summed E-state index contributed by atoms with van der Waals surface area (Å²) in [6.45, 7) is 1.15. The van der Waals surface area contributed by atoms with Crippen LogP contribution in [0.1, 0.15) is 12.8 Å². The predicted octanol–water partition coefficient (Wildman–Crippen LogP) is 0.0633. The lowest BCUT2D eigenvalue weighted by Crippen LogP contribution is -2.35. The van der Waals surface area contributed by atoms with E-state index in [2.05, 4.69) is 0 Å². The van der Waals surface area contributed by atoms with E-state index in [0.717, 1.165) is 18.9 Å². The Balaban J connectivity index is 2.14. The summed E-state index contributed by atoms with van der Waals surface area (Å²) < 4.78 is 23.9. The summed E-state index contributed by atoms with van der Waals surface area (Å²) in [6.07, 6.45) is 1.54. The molecule has 0 saturated carbocycles. The molecule has 17 heavy (non-hydrogen) atoms. The van der Waals surface area contributed by atoms with Gasteiger partial charge in [-0.1, -0.05) is 6.07 Å². The smallest absolute Gasteiger partial charge is 0.488 e. The van der Waals surface area contributed by atoms with Gasteiger partial charge in [-0.15, -0.1) is 0 Å². The van der Waals surface area contributed by atoms with Crippen LogP contribution in [0.2, 0.25) is 0 Å². The molecular weight excluding hydrogens is 226 g/mol. The normalized spacial score (nSPS) is 20.1. The zero-order valence-corrected chi connectivity index (χ0v) is 9.30. The van der Waals surface area contributed by atoms with Crippen molar-refractivity contribution in [3.8, 4) is 5.75 Å². The molecule has 2 rings (SSSR count). The first-order valence-corrected chi connectivity index (χ1v) is 5.57. The van der Waals surface area contributed by atoms with Crippen LogP contribution in [0, 0.1) is 5.82 Å². The van der Waals surface area contributed by atoms with Crippen molar-refractivity contribution in [3.63, 3.8) is 0 Å². The van der Waals surface area contributed by atoms with E-state index in [1.807, 2.05) is 0 Å². The molecular formula is C11H14BFO4. The molecule has 0 aliphatic carbocycles. The van der Waals surface area contributed by atoms with Gasteiger partial charge in [-0.25, -0.2) is 4.39 Å². The zero-order chi connectivity index (χ0) is 12.3. The van der Waals surface area contributed by atoms with Crippen LogP contribution in [0.3, 0.4) is 0 Å². The minimum atomic E-state index is -1.67. The molecule has 0 radical (unpaired) electrons. The Morgan fingerprint density at radius 2 is 2.24 bits per heavy atom. The fraction of sp³-hybridized carbons (Fsp3) is 0.455. The Labute approximate surface area is 99.1 Å². The van der Waals surface area contributed by atoms with Crippen molar-refractivity contribution in [2.75, 3.05) is 13.2 Å². The SMILES string of the molecule is OB(O)c1ccc(F)cc1OC1CCCOC1. The van der Waals surface area contributed by atoms with Gasteiger partial charge in [0.2, 0.25) is 0 Å². The van der Waals surface area contributed by atoms with Crippen LogP contribution in [0.15, 0.2) is 18.2 Å². The molecule has 1 unspecified atom stereocenters. The molecule has 0 amide bonds. The summed E-state index contributed by atoms with van der Waals surface area (Å²) in [4.78, 5) is 0. The van der Waals surface area contributed by atoms with Crippen LogP contribution < -0.4 is 10.2 Å². The molecule has 1 aliphatic rings. The van der Waals surface area contributed by atoms with E-state index in [-0.39, 0.29) is 17.3 Å². The minimum Gasteiger partial charge on any atom is -0.488 e. The summed E-state index contributed by atoms with van der Waals surface area (Å²) in [5.74, 6) is -0.309. The first-order valence-electron chi connectivity index (χ1n) is 5.57. The summed E-state index contributed by atoms with van der Waals surface area (Å²) >= 11 is 0. The Morgan fingerprint density at radius 3 is 2.88 bits per heavy atom. The summed E-state index contributed by atoms with van der Waals surface area (Å²) in [6, 6.07) is 3.63. The molecule has 4 nitrogen and oxygen atoms in total. The molecule has 0 spiro atoms. The van der Waals surface area contributed by atoms with Gasteiger partial charge in [0.15, 0.2) is 0 Å². The van der Waals surface area contributed by atoms with E-state index in [0.29, 0.717) is 13.2 Å². The van der Waals surface area contributed by atoms with Crippen LogP contribution in [-0.2, 0) is 4.74 Å². The second-order valence-electron chi connectivity index (χ2n) is 4.01. The van der Waals surface area contributed by atoms with Crippen LogP contribution in [0.25, 0.3) is 0 Å². The largest absolute Gasteiger partial charge is 0.492 e. The number of benzene rings is 1. The molecule has 1 aliphatic heterocycles. The highest BCUT2D eigenvalue weighted by Gasteiger charge is 2.22. The summed E-state index contributed by atoms with van der Waals surface area (Å²) in [7, 11) is -1.67. The Hall–Kier alpha value is -1.11. The van der Waals surface area contributed by atoms with E-state index in [1.165, 1.54) is 12.1 Å². The van der Waals surface area contributed by atoms with Crippen LogP contribution >= 0.6 is 0 Å². The van der Waals surface area contributed by atoms with Crippen molar-refractivity contribution in [2.24, 2.45) is 0 Å². The lowest BCUT2D eigenvalue weighted by atomic mass is 9.79. The van der Waals surface area contributed by atoms with Crippen LogP contribution in [0.5, 0.6) is 5.75 Å². The average molecular weight is 240 g/mol. The first-order chi connectivity index (χ1) is 8.16. The van der Waals surface area contributed by atoms with Crippen molar-refractivity contribution in [3.05, 3.63) is 24.0 Å². The van der Waals surface area contributed by atoms with Crippen molar-refractivity contribution in [1.29, 1.82) is 0 Å². The lowest BCUT2D eigenvalue weighted by Gasteiger charge is -2.24. The molecule has 1 saturated heterocycles. The molecule has 2 N–H and O–H groups in total. The van der Waals surface area contributed by atoms with Crippen molar-refractivity contribution in [2.45, 2.75) is 18.9 Å². The standard InChI is InChI=1S/C11H14BFO4/c13-8-3-4-10(12(14)15)11(6-8)17-9-2-1-5-16-7-9/h3-4,6,9,14-15H,1-2,5,7H2. The fourth-order valence-electron chi connectivity index (χ4n) is 1.81. The molecule has 6 heteroatoms. The van der Waals surface area contributed by atoms with Crippen molar-refractivity contribution >= 4 is 12.6 Å². The predicted molar refractivity (Wildman–Crippen MR) is 60.7 cm³/mol. The fourth-order valence-corrected chi connectivity index (χ4v) is 1.81. The van der Waals surface area contributed by atoms with Gasteiger partial charge in [-0.2, -0.15) is 0 Å². The second-order valence-corrected chi connectivity index (χ2v) is 4.01. The van der Waals surface area contributed by atoms with Crippen LogP contribution in [-0.4, -0.2) is 36.5 Å². The number of hydrogen-bond donors (Lipinski definition) is 2. The number of hydrogen-bond acceptors (Lipinski definition) is 4.